The highest BCUT2D eigenvalue weighted by Gasteiger charge is 2.15. The minimum Gasteiger partial charge on any atom is -0.330 e. The summed E-state index contributed by atoms with van der Waals surface area (Å²) >= 11 is 0. The van der Waals surface area contributed by atoms with Crippen molar-refractivity contribution in [1.82, 2.24) is 5.32 Å². The van der Waals surface area contributed by atoms with Crippen LogP contribution in [0.1, 0.15) is 13.8 Å². The van der Waals surface area contributed by atoms with Crippen LogP contribution in [0.25, 0.3) is 0 Å². The van der Waals surface area contributed by atoms with Gasteiger partial charge >= 0.3 is 0 Å². The lowest BCUT2D eigenvalue weighted by molar-refractivity contribution is -0.121. The lowest BCUT2D eigenvalue weighted by atomic mass is 10.2. The summed E-state index contributed by atoms with van der Waals surface area (Å²) in [6, 6.07) is 0. The van der Waals surface area contributed by atoms with Gasteiger partial charge < -0.3 is 5.32 Å². The van der Waals surface area contributed by atoms with E-state index in [9.17, 15) is 4.79 Å². The molecule has 47 valence electrons. The van der Waals surface area contributed by atoms with Crippen molar-refractivity contribution in [3.05, 3.63) is 11.8 Å². The Morgan fingerprint density at radius 1 is 1.67 bits per heavy atom. The van der Waals surface area contributed by atoms with E-state index in [1.54, 1.807) is 0 Å². The smallest absolute Gasteiger partial charge is 0.230 e. The average molecular weight is 122 g/mol. The van der Waals surface area contributed by atoms with Crippen molar-refractivity contribution in [3.63, 3.8) is 0 Å². The van der Waals surface area contributed by atoms with Crippen LogP contribution in [-0.4, -0.2) is 14.3 Å². The maximum atomic E-state index is 10.6. The number of carbonyl (C=O) groups excluding carboxylic acids is 1. The lowest BCUT2D eigenvalue weighted by Crippen LogP contribution is -2.18. The van der Waals surface area contributed by atoms with E-state index in [0.29, 0.717) is 0 Å². The van der Waals surface area contributed by atoms with E-state index in [0.717, 1.165) is 5.70 Å². The second-order valence-corrected chi connectivity index (χ2v) is 2.13. The van der Waals surface area contributed by atoms with Crippen molar-refractivity contribution in [3.8, 4) is 0 Å². The molecule has 2 nitrogen and oxygen atoms in total. The van der Waals surface area contributed by atoms with E-state index in [2.05, 4.69) is 5.32 Å². The molecule has 0 aromatic carbocycles. The Hall–Kier alpha value is -0.725. The molecule has 1 N–H and O–H groups in total. The number of allylic oxidation sites excluding steroid dienone is 1. The molecule has 9 heavy (non-hydrogen) atoms. The summed E-state index contributed by atoms with van der Waals surface area (Å²) in [4.78, 5) is 10.6. The molecule has 3 heteroatoms. The summed E-state index contributed by atoms with van der Waals surface area (Å²) in [5, 5.41) is 2.69. The third-order valence-corrected chi connectivity index (χ3v) is 1.23. The molecular formula is C6H9BNO. The fraction of sp³-hybridized carbons (Fsp3) is 0.500. The van der Waals surface area contributed by atoms with Gasteiger partial charge in [0.05, 0.1) is 5.92 Å². The molecule has 0 saturated carbocycles. The van der Waals surface area contributed by atoms with Crippen LogP contribution in [0, 0.1) is 5.92 Å². The molecule has 0 fully saturated rings. The van der Waals surface area contributed by atoms with Gasteiger partial charge in [-0.3, -0.25) is 4.79 Å². The van der Waals surface area contributed by atoms with Gasteiger partial charge in [0.25, 0.3) is 0 Å². The maximum Gasteiger partial charge on any atom is 0.230 e. The summed E-state index contributed by atoms with van der Waals surface area (Å²) in [6.07, 6.45) is 1.92. The fourth-order valence-corrected chi connectivity index (χ4v) is 0.801. The van der Waals surface area contributed by atoms with Gasteiger partial charge in [-0.15, -0.1) is 0 Å². The Balaban J connectivity index is 0.000000640. The molecule has 1 atom stereocenters. The van der Waals surface area contributed by atoms with E-state index < -0.39 is 0 Å². The van der Waals surface area contributed by atoms with Crippen LogP contribution in [0.15, 0.2) is 11.8 Å². The highest BCUT2D eigenvalue weighted by atomic mass is 16.2. The summed E-state index contributed by atoms with van der Waals surface area (Å²) in [5.41, 5.74) is 0.975. The highest BCUT2D eigenvalue weighted by Crippen LogP contribution is 2.08. The van der Waals surface area contributed by atoms with Crippen molar-refractivity contribution >= 4 is 14.3 Å². The van der Waals surface area contributed by atoms with E-state index in [-0.39, 0.29) is 20.2 Å². The zero-order valence-corrected chi connectivity index (χ0v) is 5.64. The summed E-state index contributed by atoms with van der Waals surface area (Å²) in [5.74, 6) is 0.192. The monoisotopic (exact) mass is 122 g/mol. The van der Waals surface area contributed by atoms with E-state index in [4.69, 9.17) is 0 Å². The topological polar surface area (TPSA) is 29.1 Å². The number of amides is 1. The number of hydrogen-bond acceptors (Lipinski definition) is 1. The van der Waals surface area contributed by atoms with Crippen LogP contribution >= 0.6 is 0 Å². The average Bonchev–Trinajstić information content (AvgIpc) is 1.85. The molecule has 1 aliphatic heterocycles. The number of hydrogen-bond donors (Lipinski definition) is 1. The molecule has 0 bridgehead atoms. The lowest BCUT2D eigenvalue weighted by Gasteiger charge is -1.92. The summed E-state index contributed by atoms with van der Waals surface area (Å²) < 4.78 is 0. The van der Waals surface area contributed by atoms with Gasteiger partial charge in [0, 0.05) is 14.1 Å². The fourth-order valence-electron chi connectivity index (χ4n) is 0.801. The first-order valence-electron chi connectivity index (χ1n) is 2.69. The largest absolute Gasteiger partial charge is 0.330 e. The van der Waals surface area contributed by atoms with Crippen molar-refractivity contribution in [1.29, 1.82) is 0 Å². The standard InChI is InChI=1S/C6H9NO.B/c1-4-3-5(2)7-6(4)8;/h3-4H,1-2H3,(H,7,8);. The zero-order valence-electron chi connectivity index (χ0n) is 5.64. The maximum absolute atomic E-state index is 10.6. The molecule has 1 aliphatic rings. The summed E-state index contributed by atoms with van der Waals surface area (Å²) in [7, 11) is 0. The quantitative estimate of drug-likeness (QED) is 0.459. The number of carbonyl (C=O) groups is 1. The zero-order chi connectivity index (χ0) is 6.15. The Morgan fingerprint density at radius 2 is 2.22 bits per heavy atom. The van der Waals surface area contributed by atoms with Crippen LogP contribution in [-0.2, 0) is 4.79 Å². The van der Waals surface area contributed by atoms with Gasteiger partial charge in [-0.2, -0.15) is 0 Å². The van der Waals surface area contributed by atoms with Crippen LogP contribution in [0.4, 0.5) is 0 Å². The van der Waals surface area contributed by atoms with Gasteiger partial charge in [-0.1, -0.05) is 13.0 Å². The number of rotatable bonds is 0. The summed E-state index contributed by atoms with van der Waals surface area (Å²) in [6.45, 7) is 3.77. The Kier molecular flexibility index (Phi) is 2.49. The van der Waals surface area contributed by atoms with Crippen LogP contribution in [0.3, 0.4) is 0 Å². The Morgan fingerprint density at radius 3 is 2.33 bits per heavy atom. The third-order valence-electron chi connectivity index (χ3n) is 1.23. The van der Waals surface area contributed by atoms with Crippen molar-refractivity contribution in [2.24, 2.45) is 5.92 Å². The van der Waals surface area contributed by atoms with Crippen molar-refractivity contribution < 1.29 is 4.79 Å². The number of nitrogens with one attached hydrogen (secondary N) is 1. The third kappa shape index (κ3) is 1.59. The molecule has 1 unspecified atom stereocenters. The minimum absolute atomic E-state index is 0. The van der Waals surface area contributed by atoms with Crippen LogP contribution in [0.5, 0.6) is 0 Å². The van der Waals surface area contributed by atoms with Crippen molar-refractivity contribution in [2.45, 2.75) is 13.8 Å². The van der Waals surface area contributed by atoms with Gasteiger partial charge in [0.1, 0.15) is 0 Å². The molecule has 1 heterocycles. The second-order valence-electron chi connectivity index (χ2n) is 2.13. The van der Waals surface area contributed by atoms with Gasteiger partial charge in [-0.05, 0) is 6.92 Å². The van der Waals surface area contributed by atoms with E-state index >= 15 is 0 Å². The molecule has 0 aromatic rings. The first-order chi connectivity index (χ1) is 3.70. The van der Waals surface area contributed by atoms with E-state index in [1.807, 2.05) is 19.9 Å². The van der Waals surface area contributed by atoms with Gasteiger partial charge in [0.15, 0.2) is 0 Å². The van der Waals surface area contributed by atoms with Crippen LogP contribution < -0.4 is 5.32 Å². The Labute approximate surface area is 56.9 Å². The molecule has 0 spiro atoms. The van der Waals surface area contributed by atoms with Gasteiger partial charge in [-0.25, -0.2) is 0 Å². The molecular weight excluding hydrogens is 113 g/mol. The van der Waals surface area contributed by atoms with Crippen LogP contribution in [0.2, 0.25) is 0 Å². The molecule has 0 saturated heterocycles. The normalized spacial score (nSPS) is 24.4. The SMILES string of the molecule is CC1=CC(C)C(=O)N1.[B]. The molecule has 1 amide bonds. The predicted octanol–water partition coefficient (Wildman–Crippen LogP) is 0.275. The first kappa shape index (κ1) is 8.27. The first-order valence-corrected chi connectivity index (χ1v) is 2.69. The molecule has 3 radical (unpaired) electrons. The van der Waals surface area contributed by atoms with E-state index in [1.165, 1.54) is 0 Å². The molecule has 0 aliphatic carbocycles. The predicted molar refractivity (Wildman–Crippen MR) is 36.8 cm³/mol. The Bertz CT molecular complexity index is 153. The molecule has 0 aromatic heterocycles. The highest BCUT2D eigenvalue weighted by molar-refractivity contribution is 5.84. The molecule has 1 rings (SSSR count). The van der Waals surface area contributed by atoms with Gasteiger partial charge in [0.2, 0.25) is 5.91 Å². The van der Waals surface area contributed by atoms with Crippen molar-refractivity contribution in [2.75, 3.05) is 0 Å². The minimum atomic E-state index is 0. The second kappa shape index (κ2) is 2.71.